The minimum absolute atomic E-state index is 0.799. The Morgan fingerprint density at radius 2 is 1.88 bits per heavy atom. The quantitative estimate of drug-likeness (QED) is 0.614. The minimum Gasteiger partial charge on any atom is -0.362 e. The minimum atomic E-state index is 0.799. The molecule has 0 aliphatic heterocycles. The first-order valence-electron chi connectivity index (χ1n) is 6.32. The van der Waals surface area contributed by atoms with Gasteiger partial charge in [-0.25, -0.2) is 0 Å². The van der Waals surface area contributed by atoms with Gasteiger partial charge in [0, 0.05) is 19.3 Å². The van der Waals surface area contributed by atoms with Crippen LogP contribution in [-0.4, -0.2) is 18.7 Å². The summed E-state index contributed by atoms with van der Waals surface area (Å²) in [6, 6.07) is 10.2. The maximum absolute atomic E-state index is 5.35. The normalized spacial score (nSPS) is 10.0. The van der Waals surface area contributed by atoms with Crippen LogP contribution in [0.25, 0.3) is 0 Å². The number of para-hydroxylation sites is 1. The molecule has 0 radical (unpaired) electrons. The van der Waals surface area contributed by atoms with Gasteiger partial charge in [-0.1, -0.05) is 44.4 Å². The van der Waals surface area contributed by atoms with E-state index in [1.807, 2.05) is 30.1 Å². The fourth-order valence-electron chi connectivity index (χ4n) is 1.63. The molecule has 3 heteroatoms. The molecule has 1 rings (SSSR count). The molecule has 0 aromatic heterocycles. The summed E-state index contributed by atoms with van der Waals surface area (Å²) in [5, 5.41) is 4.10. The number of hydrogen-bond acceptors (Lipinski definition) is 1. The Bertz CT molecular complexity index is 324. The molecule has 0 heterocycles. The van der Waals surface area contributed by atoms with Crippen molar-refractivity contribution < 1.29 is 0 Å². The third-order valence-electron chi connectivity index (χ3n) is 2.75. The summed E-state index contributed by atoms with van der Waals surface area (Å²) in [6.07, 6.45) is 5.05. The van der Waals surface area contributed by atoms with Gasteiger partial charge < -0.3 is 10.2 Å². The summed E-state index contributed by atoms with van der Waals surface area (Å²) in [5.74, 6) is 0. The van der Waals surface area contributed by atoms with E-state index in [4.69, 9.17) is 12.2 Å². The van der Waals surface area contributed by atoms with Crippen molar-refractivity contribution in [3.63, 3.8) is 0 Å². The smallest absolute Gasteiger partial charge is 0.173 e. The molecule has 0 fully saturated rings. The number of nitrogens with zero attached hydrogens (tertiary/aromatic N) is 1. The lowest BCUT2D eigenvalue weighted by Gasteiger charge is -2.21. The Morgan fingerprint density at radius 1 is 1.18 bits per heavy atom. The van der Waals surface area contributed by atoms with Crippen LogP contribution in [0, 0.1) is 0 Å². The number of rotatable bonds is 6. The van der Waals surface area contributed by atoms with E-state index in [0.29, 0.717) is 0 Å². The van der Waals surface area contributed by atoms with Crippen molar-refractivity contribution in [1.82, 2.24) is 5.32 Å². The Labute approximate surface area is 110 Å². The van der Waals surface area contributed by atoms with Gasteiger partial charge in [0.15, 0.2) is 5.11 Å². The van der Waals surface area contributed by atoms with Crippen LogP contribution in [-0.2, 0) is 0 Å². The van der Waals surface area contributed by atoms with Crippen LogP contribution < -0.4 is 10.2 Å². The topological polar surface area (TPSA) is 15.3 Å². The van der Waals surface area contributed by atoms with Crippen LogP contribution in [0.5, 0.6) is 0 Å². The predicted molar refractivity (Wildman–Crippen MR) is 79.6 cm³/mol. The monoisotopic (exact) mass is 250 g/mol. The van der Waals surface area contributed by atoms with E-state index in [1.165, 1.54) is 25.7 Å². The molecule has 94 valence electrons. The lowest BCUT2D eigenvalue weighted by molar-refractivity contribution is 0.654. The van der Waals surface area contributed by atoms with Gasteiger partial charge in [0.2, 0.25) is 0 Å². The Morgan fingerprint density at radius 3 is 2.53 bits per heavy atom. The Balaban J connectivity index is 2.28. The lowest BCUT2D eigenvalue weighted by Crippen LogP contribution is -2.37. The summed E-state index contributed by atoms with van der Waals surface area (Å²) in [5.41, 5.74) is 1.12. The maximum atomic E-state index is 5.35. The van der Waals surface area contributed by atoms with Gasteiger partial charge in [-0.15, -0.1) is 0 Å². The van der Waals surface area contributed by atoms with E-state index in [-0.39, 0.29) is 0 Å². The van der Waals surface area contributed by atoms with Crippen molar-refractivity contribution in [3.8, 4) is 0 Å². The number of unbranched alkanes of at least 4 members (excludes halogenated alkanes) is 3. The third kappa shape index (κ3) is 5.18. The maximum Gasteiger partial charge on any atom is 0.173 e. The number of thiocarbonyl (C=S) groups is 1. The van der Waals surface area contributed by atoms with E-state index in [0.717, 1.165) is 17.3 Å². The lowest BCUT2D eigenvalue weighted by atomic mass is 10.2. The van der Waals surface area contributed by atoms with Crippen molar-refractivity contribution in [2.75, 3.05) is 18.5 Å². The third-order valence-corrected chi connectivity index (χ3v) is 3.17. The van der Waals surface area contributed by atoms with Gasteiger partial charge >= 0.3 is 0 Å². The first-order chi connectivity index (χ1) is 8.25. The average molecular weight is 250 g/mol. The number of nitrogens with one attached hydrogen (secondary N) is 1. The van der Waals surface area contributed by atoms with Gasteiger partial charge in [0.1, 0.15) is 0 Å². The molecule has 0 amide bonds. The molecule has 1 aromatic rings. The highest BCUT2D eigenvalue weighted by atomic mass is 32.1. The van der Waals surface area contributed by atoms with Crippen LogP contribution in [0.4, 0.5) is 5.69 Å². The molecule has 17 heavy (non-hydrogen) atoms. The van der Waals surface area contributed by atoms with E-state index in [9.17, 15) is 0 Å². The molecule has 1 aromatic carbocycles. The summed E-state index contributed by atoms with van der Waals surface area (Å²) in [4.78, 5) is 2.01. The highest BCUT2D eigenvalue weighted by Gasteiger charge is 2.04. The number of hydrogen-bond donors (Lipinski definition) is 1. The van der Waals surface area contributed by atoms with E-state index < -0.39 is 0 Å². The molecule has 0 spiro atoms. The highest BCUT2D eigenvalue weighted by Crippen LogP contribution is 2.10. The van der Waals surface area contributed by atoms with E-state index in [2.05, 4.69) is 24.4 Å². The van der Waals surface area contributed by atoms with Gasteiger partial charge in [0.05, 0.1) is 0 Å². The standard InChI is InChI=1S/C14H22N2S/c1-3-4-5-9-12-15-14(17)16(2)13-10-7-6-8-11-13/h6-8,10-11H,3-5,9,12H2,1-2H3,(H,15,17). The second kappa shape index (κ2) is 8.07. The van der Waals surface area contributed by atoms with Gasteiger partial charge in [0.25, 0.3) is 0 Å². The van der Waals surface area contributed by atoms with E-state index in [1.54, 1.807) is 0 Å². The van der Waals surface area contributed by atoms with Crippen molar-refractivity contribution in [1.29, 1.82) is 0 Å². The van der Waals surface area contributed by atoms with Gasteiger partial charge in [-0.05, 0) is 30.8 Å². The molecule has 0 aliphatic carbocycles. The first kappa shape index (κ1) is 14.0. The summed E-state index contributed by atoms with van der Waals surface area (Å²) < 4.78 is 0. The van der Waals surface area contributed by atoms with Crippen LogP contribution in [0.3, 0.4) is 0 Å². The zero-order valence-corrected chi connectivity index (χ0v) is 11.6. The molecule has 0 saturated heterocycles. The van der Waals surface area contributed by atoms with Crippen LogP contribution in [0.15, 0.2) is 30.3 Å². The van der Waals surface area contributed by atoms with Crippen LogP contribution in [0.1, 0.15) is 32.6 Å². The zero-order valence-electron chi connectivity index (χ0n) is 10.8. The van der Waals surface area contributed by atoms with Crippen molar-refractivity contribution >= 4 is 23.0 Å². The molecule has 0 saturated carbocycles. The SMILES string of the molecule is CCCCCCNC(=S)N(C)c1ccccc1. The van der Waals surface area contributed by atoms with Crippen molar-refractivity contribution in [3.05, 3.63) is 30.3 Å². The van der Waals surface area contributed by atoms with Gasteiger partial charge in [-0.2, -0.15) is 0 Å². The van der Waals surface area contributed by atoms with Gasteiger partial charge in [-0.3, -0.25) is 0 Å². The fraction of sp³-hybridized carbons (Fsp3) is 0.500. The fourth-order valence-corrected chi connectivity index (χ4v) is 1.84. The van der Waals surface area contributed by atoms with Crippen molar-refractivity contribution in [2.45, 2.75) is 32.6 Å². The largest absolute Gasteiger partial charge is 0.362 e. The second-order valence-corrected chi connectivity index (χ2v) is 4.57. The number of benzene rings is 1. The molecule has 2 nitrogen and oxygen atoms in total. The molecule has 1 N–H and O–H groups in total. The summed E-state index contributed by atoms with van der Waals surface area (Å²) >= 11 is 5.35. The molecule has 0 aliphatic rings. The molecule has 0 atom stereocenters. The zero-order chi connectivity index (χ0) is 12.5. The highest BCUT2D eigenvalue weighted by molar-refractivity contribution is 7.80. The van der Waals surface area contributed by atoms with Crippen molar-refractivity contribution in [2.24, 2.45) is 0 Å². The predicted octanol–water partition coefficient (Wildman–Crippen LogP) is 3.58. The summed E-state index contributed by atoms with van der Waals surface area (Å²) in [6.45, 7) is 3.19. The molecule has 0 unspecified atom stereocenters. The van der Waals surface area contributed by atoms with Crippen LogP contribution >= 0.6 is 12.2 Å². The number of anilines is 1. The second-order valence-electron chi connectivity index (χ2n) is 4.19. The molecule has 0 bridgehead atoms. The van der Waals surface area contributed by atoms with Crippen LogP contribution in [0.2, 0.25) is 0 Å². The first-order valence-corrected chi connectivity index (χ1v) is 6.73. The average Bonchev–Trinajstić information content (AvgIpc) is 2.38. The Kier molecular flexibility index (Phi) is 6.63. The molecular weight excluding hydrogens is 228 g/mol. The van der Waals surface area contributed by atoms with E-state index >= 15 is 0 Å². The Hall–Kier alpha value is -1.09. The molecular formula is C14H22N2S. The summed E-state index contributed by atoms with van der Waals surface area (Å²) in [7, 11) is 2.00.